The van der Waals surface area contributed by atoms with Crippen molar-refractivity contribution in [3.05, 3.63) is 21.9 Å². The minimum Gasteiger partial charge on any atom is -0.148 e. The molecule has 0 atom stereocenters. The molecule has 0 saturated heterocycles. The Bertz CT molecular complexity index is 349. The summed E-state index contributed by atoms with van der Waals surface area (Å²) in [5.74, 6) is 11.2. The lowest BCUT2D eigenvalue weighted by Crippen LogP contribution is -1.68. The van der Waals surface area contributed by atoms with Crippen molar-refractivity contribution in [1.29, 1.82) is 0 Å². The van der Waals surface area contributed by atoms with Crippen LogP contribution in [-0.2, 0) is 0 Å². The zero-order valence-electron chi connectivity index (χ0n) is 6.56. The zero-order chi connectivity index (χ0) is 8.10. The fraction of sp³-hybridized carbons (Fsp3) is 0.200. The smallest absolute Gasteiger partial charge is 0.0391 e. The summed E-state index contributed by atoms with van der Waals surface area (Å²) in [5, 5.41) is 2.04. The van der Waals surface area contributed by atoms with Gasteiger partial charge >= 0.3 is 0 Å². The van der Waals surface area contributed by atoms with Crippen molar-refractivity contribution in [1.82, 2.24) is 0 Å². The summed E-state index contributed by atoms with van der Waals surface area (Å²) in [7, 11) is 0. The Labute approximate surface area is 71.3 Å². The van der Waals surface area contributed by atoms with Gasteiger partial charge in [-0.15, -0.1) is 11.3 Å². The van der Waals surface area contributed by atoms with Gasteiger partial charge in [-0.1, -0.05) is 11.8 Å². The molecule has 0 radical (unpaired) electrons. The zero-order valence-corrected chi connectivity index (χ0v) is 7.38. The molecule has 0 bridgehead atoms. The van der Waals surface area contributed by atoms with Gasteiger partial charge in [-0.25, -0.2) is 0 Å². The van der Waals surface area contributed by atoms with Gasteiger partial charge in [0.05, 0.1) is 0 Å². The van der Waals surface area contributed by atoms with Crippen molar-refractivity contribution in [3.63, 3.8) is 0 Å². The molecule has 54 valence electrons. The first-order chi connectivity index (χ1) is 5.34. The van der Waals surface area contributed by atoms with Crippen LogP contribution in [0.15, 0.2) is 11.4 Å². The standard InChI is InChI=1S/C10H8S/c1-3-4-5-6-10-7-8-11-9(10)2/h7-8H,1-2H3. The second-order valence-corrected chi connectivity index (χ2v) is 3.14. The van der Waals surface area contributed by atoms with Crippen LogP contribution in [0, 0.1) is 30.6 Å². The molecule has 1 aromatic heterocycles. The Hall–Kier alpha value is -1.18. The van der Waals surface area contributed by atoms with Crippen molar-refractivity contribution < 1.29 is 0 Å². The van der Waals surface area contributed by atoms with Crippen LogP contribution in [0.1, 0.15) is 17.4 Å². The summed E-state index contributed by atoms with van der Waals surface area (Å²) in [6.07, 6.45) is 0. The molecule has 0 aromatic carbocycles. The minimum atomic E-state index is 1.10. The molecule has 0 spiro atoms. The highest BCUT2D eigenvalue weighted by Gasteiger charge is 1.91. The van der Waals surface area contributed by atoms with Crippen LogP contribution < -0.4 is 0 Å². The Kier molecular flexibility index (Phi) is 2.78. The van der Waals surface area contributed by atoms with E-state index in [1.54, 1.807) is 18.3 Å². The normalized spacial score (nSPS) is 7.45. The molecule has 11 heavy (non-hydrogen) atoms. The monoisotopic (exact) mass is 160 g/mol. The molecule has 0 aliphatic rings. The van der Waals surface area contributed by atoms with E-state index in [9.17, 15) is 0 Å². The van der Waals surface area contributed by atoms with Gasteiger partial charge in [0.15, 0.2) is 0 Å². The molecule has 0 N–H and O–H groups in total. The highest BCUT2D eigenvalue weighted by molar-refractivity contribution is 7.10. The lowest BCUT2D eigenvalue weighted by molar-refractivity contribution is 1.59. The predicted octanol–water partition coefficient (Wildman–Crippen LogP) is 2.43. The Morgan fingerprint density at radius 1 is 1.36 bits per heavy atom. The molecule has 0 amide bonds. The van der Waals surface area contributed by atoms with Gasteiger partial charge in [-0.2, -0.15) is 0 Å². The van der Waals surface area contributed by atoms with Crippen LogP contribution in [0.25, 0.3) is 0 Å². The lowest BCUT2D eigenvalue weighted by Gasteiger charge is -1.80. The van der Waals surface area contributed by atoms with Crippen molar-refractivity contribution in [3.8, 4) is 23.7 Å². The largest absolute Gasteiger partial charge is 0.148 e. The van der Waals surface area contributed by atoms with E-state index in [-0.39, 0.29) is 0 Å². The topological polar surface area (TPSA) is 0 Å². The minimum absolute atomic E-state index is 1.10. The van der Waals surface area contributed by atoms with Gasteiger partial charge in [0.25, 0.3) is 0 Å². The Balaban J connectivity index is 2.87. The molecule has 0 unspecified atom stereocenters. The van der Waals surface area contributed by atoms with E-state index in [0.29, 0.717) is 0 Å². The average molecular weight is 160 g/mol. The first-order valence-corrected chi connectivity index (χ1v) is 4.19. The van der Waals surface area contributed by atoms with Crippen molar-refractivity contribution in [2.24, 2.45) is 0 Å². The van der Waals surface area contributed by atoms with E-state index in [1.165, 1.54) is 4.88 Å². The second-order valence-electron chi connectivity index (χ2n) is 2.02. The van der Waals surface area contributed by atoms with Gasteiger partial charge in [0, 0.05) is 10.4 Å². The van der Waals surface area contributed by atoms with E-state index in [4.69, 9.17) is 0 Å². The van der Waals surface area contributed by atoms with Crippen molar-refractivity contribution >= 4 is 11.3 Å². The average Bonchev–Trinajstić information content (AvgIpc) is 2.37. The lowest BCUT2D eigenvalue weighted by atomic mass is 10.3. The van der Waals surface area contributed by atoms with Gasteiger partial charge < -0.3 is 0 Å². The van der Waals surface area contributed by atoms with E-state index in [0.717, 1.165) is 5.56 Å². The summed E-state index contributed by atoms with van der Waals surface area (Å²) in [4.78, 5) is 1.26. The molecule has 0 saturated carbocycles. The predicted molar refractivity (Wildman–Crippen MR) is 49.4 cm³/mol. The van der Waals surface area contributed by atoms with Gasteiger partial charge in [-0.05, 0) is 37.1 Å². The van der Waals surface area contributed by atoms with Crippen LogP contribution in [-0.4, -0.2) is 0 Å². The van der Waals surface area contributed by atoms with E-state index < -0.39 is 0 Å². The molecule has 1 heteroatoms. The van der Waals surface area contributed by atoms with Crippen LogP contribution in [0.4, 0.5) is 0 Å². The fourth-order valence-corrected chi connectivity index (χ4v) is 1.33. The molecule has 1 heterocycles. The number of hydrogen-bond donors (Lipinski definition) is 0. The number of aryl methyl sites for hydroxylation is 1. The maximum atomic E-state index is 2.98. The molecular formula is C10H8S. The molecule has 0 aliphatic heterocycles. The maximum Gasteiger partial charge on any atom is 0.0391 e. The molecule has 0 fully saturated rings. The van der Waals surface area contributed by atoms with Crippen LogP contribution in [0.2, 0.25) is 0 Å². The quantitative estimate of drug-likeness (QED) is 0.511. The number of thiophene rings is 1. The first-order valence-electron chi connectivity index (χ1n) is 3.31. The summed E-state index contributed by atoms with van der Waals surface area (Å²) in [6.45, 7) is 3.85. The summed E-state index contributed by atoms with van der Waals surface area (Å²) >= 11 is 1.71. The summed E-state index contributed by atoms with van der Waals surface area (Å²) in [5.41, 5.74) is 1.10. The van der Waals surface area contributed by atoms with Crippen LogP contribution in [0.5, 0.6) is 0 Å². The highest BCUT2D eigenvalue weighted by atomic mass is 32.1. The Morgan fingerprint density at radius 2 is 2.18 bits per heavy atom. The van der Waals surface area contributed by atoms with Gasteiger partial charge in [0.1, 0.15) is 0 Å². The van der Waals surface area contributed by atoms with Crippen molar-refractivity contribution in [2.45, 2.75) is 13.8 Å². The maximum absolute atomic E-state index is 2.98. The third-order valence-corrected chi connectivity index (χ3v) is 2.09. The first kappa shape index (κ1) is 7.92. The Morgan fingerprint density at radius 3 is 2.73 bits per heavy atom. The van der Waals surface area contributed by atoms with Crippen molar-refractivity contribution in [2.75, 3.05) is 0 Å². The van der Waals surface area contributed by atoms with E-state index >= 15 is 0 Å². The van der Waals surface area contributed by atoms with E-state index in [1.807, 2.05) is 11.4 Å². The van der Waals surface area contributed by atoms with Gasteiger partial charge in [-0.3, -0.25) is 0 Å². The molecule has 0 nitrogen and oxygen atoms in total. The molecular weight excluding hydrogens is 152 g/mol. The summed E-state index contributed by atoms with van der Waals surface area (Å²) < 4.78 is 0. The van der Waals surface area contributed by atoms with Crippen LogP contribution >= 0.6 is 11.3 Å². The fourth-order valence-electron chi connectivity index (χ4n) is 0.676. The number of rotatable bonds is 0. The SMILES string of the molecule is CC#CC#Cc1ccsc1C. The van der Waals surface area contributed by atoms with Gasteiger partial charge in [0.2, 0.25) is 0 Å². The summed E-state index contributed by atoms with van der Waals surface area (Å²) in [6, 6.07) is 2.02. The third-order valence-electron chi connectivity index (χ3n) is 1.24. The highest BCUT2D eigenvalue weighted by Crippen LogP contribution is 2.12. The molecule has 0 aliphatic carbocycles. The number of hydrogen-bond acceptors (Lipinski definition) is 1. The molecule has 1 aromatic rings. The third kappa shape index (κ3) is 2.15. The second kappa shape index (κ2) is 3.86. The van der Waals surface area contributed by atoms with Crippen LogP contribution in [0.3, 0.4) is 0 Å². The van der Waals surface area contributed by atoms with E-state index in [2.05, 4.69) is 30.6 Å². The molecule has 1 rings (SSSR count).